The summed E-state index contributed by atoms with van der Waals surface area (Å²) in [5, 5.41) is 8.11. The van der Waals surface area contributed by atoms with Crippen LogP contribution in [0.4, 0.5) is 0 Å². The number of aliphatic imine (C=N–C) groups is 1. The van der Waals surface area contributed by atoms with Gasteiger partial charge < -0.3 is 15.2 Å². The molecular formula is C15H23N5O2S2. The van der Waals surface area contributed by atoms with E-state index < -0.39 is 10.0 Å². The highest BCUT2D eigenvalue weighted by atomic mass is 32.2. The van der Waals surface area contributed by atoms with E-state index in [1.165, 1.54) is 11.3 Å². The quantitative estimate of drug-likeness (QED) is 0.351. The van der Waals surface area contributed by atoms with Crippen molar-refractivity contribution in [3.63, 3.8) is 0 Å². The van der Waals surface area contributed by atoms with Gasteiger partial charge in [-0.15, -0.1) is 11.3 Å². The monoisotopic (exact) mass is 369 g/mol. The zero-order valence-electron chi connectivity index (χ0n) is 13.6. The SMILES string of the molecule is CCNC(=NCCNS(=O)(=O)c1cccs1)NCCn1cccc1. The topological polar surface area (TPSA) is 87.5 Å². The van der Waals surface area contributed by atoms with E-state index in [2.05, 4.69) is 24.9 Å². The second-order valence-corrected chi connectivity index (χ2v) is 7.88. The van der Waals surface area contributed by atoms with Crippen LogP contribution in [0.25, 0.3) is 0 Å². The summed E-state index contributed by atoms with van der Waals surface area (Å²) in [4.78, 5) is 4.38. The third-order valence-electron chi connectivity index (χ3n) is 3.11. The Bertz CT molecular complexity index is 709. The molecule has 132 valence electrons. The van der Waals surface area contributed by atoms with Crippen LogP contribution in [0.2, 0.25) is 0 Å². The van der Waals surface area contributed by atoms with E-state index in [1.807, 2.05) is 31.5 Å². The number of rotatable bonds is 9. The molecule has 0 atom stereocenters. The Labute approximate surface area is 146 Å². The molecule has 2 heterocycles. The van der Waals surface area contributed by atoms with Crippen molar-refractivity contribution < 1.29 is 8.42 Å². The summed E-state index contributed by atoms with van der Waals surface area (Å²) >= 11 is 1.20. The summed E-state index contributed by atoms with van der Waals surface area (Å²) in [5.41, 5.74) is 0. The molecule has 0 aliphatic rings. The van der Waals surface area contributed by atoms with Crippen LogP contribution in [0.1, 0.15) is 6.92 Å². The highest BCUT2D eigenvalue weighted by molar-refractivity contribution is 7.91. The van der Waals surface area contributed by atoms with Crippen LogP contribution < -0.4 is 15.4 Å². The summed E-state index contributed by atoms with van der Waals surface area (Å²) in [5.74, 6) is 0.681. The number of aromatic nitrogens is 1. The molecule has 3 N–H and O–H groups in total. The molecule has 0 unspecified atom stereocenters. The smallest absolute Gasteiger partial charge is 0.250 e. The van der Waals surface area contributed by atoms with Crippen molar-refractivity contribution in [3.05, 3.63) is 42.0 Å². The predicted octanol–water partition coefficient (Wildman–Crippen LogP) is 1.08. The Morgan fingerprint density at radius 1 is 1.21 bits per heavy atom. The highest BCUT2D eigenvalue weighted by Gasteiger charge is 2.13. The maximum atomic E-state index is 12.0. The minimum absolute atomic E-state index is 0.258. The first-order valence-corrected chi connectivity index (χ1v) is 10.1. The molecule has 7 nitrogen and oxygen atoms in total. The average molecular weight is 370 g/mol. The van der Waals surface area contributed by atoms with Crippen molar-refractivity contribution in [1.82, 2.24) is 19.9 Å². The number of hydrogen-bond donors (Lipinski definition) is 3. The van der Waals surface area contributed by atoms with Crippen LogP contribution in [0.3, 0.4) is 0 Å². The fraction of sp³-hybridized carbons (Fsp3) is 0.400. The zero-order valence-corrected chi connectivity index (χ0v) is 15.2. The third kappa shape index (κ3) is 5.99. The molecule has 9 heteroatoms. The van der Waals surface area contributed by atoms with E-state index in [0.29, 0.717) is 16.7 Å². The van der Waals surface area contributed by atoms with Gasteiger partial charge in [-0.3, -0.25) is 4.99 Å². The standard InChI is InChI=1S/C15H23N5O2S2/c1-2-16-15(18-9-12-20-10-3-4-11-20)17-7-8-19-24(21,22)14-6-5-13-23-14/h3-6,10-11,13,19H,2,7-9,12H2,1H3,(H2,16,17,18). The lowest BCUT2D eigenvalue weighted by molar-refractivity contribution is 0.584. The molecule has 2 aromatic heterocycles. The summed E-state index contributed by atoms with van der Waals surface area (Å²) < 4.78 is 28.9. The number of guanidine groups is 1. The predicted molar refractivity (Wildman–Crippen MR) is 97.9 cm³/mol. The van der Waals surface area contributed by atoms with Crippen LogP contribution in [-0.4, -0.2) is 45.1 Å². The molecule has 0 aliphatic carbocycles. The van der Waals surface area contributed by atoms with Gasteiger partial charge in [0.2, 0.25) is 10.0 Å². The van der Waals surface area contributed by atoms with Crippen molar-refractivity contribution in [2.24, 2.45) is 4.99 Å². The van der Waals surface area contributed by atoms with Gasteiger partial charge in [0.25, 0.3) is 0 Å². The maximum absolute atomic E-state index is 12.0. The normalized spacial score (nSPS) is 12.3. The lowest BCUT2D eigenvalue weighted by atomic mass is 10.6. The van der Waals surface area contributed by atoms with E-state index in [4.69, 9.17) is 0 Å². The van der Waals surface area contributed by atoms with Gasteiger partial charge in [-0.25, -0.2) is 13.1 Å². The Morgan fingerprint density at radius 3 is 2.67 bits per heavy atom. The van der Waals surface area contributed by atoms with Crippen molar-refractivity contribution in [2.45, 2.75) is 17.7 Å². The van der Waals surface area contributed by atoms with Crippen molar-refractivity contribution in [1.29, 1.82) is 0 Å². The molecule has 0 radical (unpaired) electrons. The summed E-state index contributed by atoms with van der Waals surface area (Å²) in [6, 6.07) is 7.27. The Balaban J connectivity index is 1.76. The first kappa shape index (κ1) is 18.5. The number of thiophene rings is 1. The maximum Gasteiger partial charge on any atom is 0.250 e. The van der Waals surface area contributed by atoms with Crippen LogP contribution in [-0.2, 0) is 16.6 Å². The van der Waals surface area contributed by atoms with Gasteiger partial charge in [0.15, 0.2) is 5.96 Å². The Hall–Kier alpha value is -1.84. The van der Waals surface area contributed by atoms with Gasteiger partial charge in [0, 0.05) is 38.6 Å². The first-order chi connectivity index (χ1) is 11.6. The van der Waals surface area contributed by atoms with Crippen LogP contribution in [0.5, 0.6) is 0 Å². The number of nitrogens with one attached hydrogen (secondary N) is 3. The lowest BCUT2D eigenvalue weighted by Gasteiger charge is -2.12. The molecule has 0 spiro atoms. The summed E-state index contributed by atoms with van der Waals surface area (Å²) in [6.07, 6.45) is 4.01. The summed E-state index contributed by atoms with van der Waals surface area (Å²) in [7, 11) is -3.42. The molecule has 2 rings (SSSR count). The molecule has 0 aromatic carbocycles. The van der Waals surface area contributed by atoms with Crippen LogP contribution in [0.15, 0.2) is 51.2 Å². The van der Waals surface area contributed by atoms with E-state index in [1.54, 1.807) is 17.5 Å². The Kier molecular flexibility index (Phi) is 7.29. The lowest BCUT2D eigenvalue weighted by Crippen LogP contribution is -2.39. The first-order valence-electron chi connectivity index (χ1n) is 7.78. The Morgan fingerprint density at radius 2 is 2.00 bits per heavy atom. The number of nitrogens with zero attached hydrogens (tertiary/aromatic N) is 2. The molecule has 2 aromatic rings. The highest BCUT2D eigenvalue weighted by Crippen LogP contribution is 2.14. The summed E-state index contributed by atoms with van der Waals surface area (Å²) in [6.45, 7) is 4.93. The van der Waals surface area contributed by atoms with Crippen LogP contribution >= 0.6 is 11.3 Å². The molecule has 0 amide bonds. The van der Waals surface area contributed by atoms with Gasteiger partial charge in [-0.2, -0.15) is 0 Å². The minimum atomic E-state index is -3.42. The van der Waals surface area contributed by atoms with E-state index in [0.717, 1.165) is 19.6 Å². The van der Waals surface area contributed by atoms with Crippen molar-refractivity contribution >= 4 is 27.3 Å². The fourth-order valence-corrected chi connectivity index (χ4v) is 4.06. The molecule has 24 heavy (non-hydrogen) atoms. The van der Waals surface area contributed by atoms with Gasteiger partial charge in [0.05, 0.1) is 6.54 Å². The number of sulfonamides is 1. The van der Waals surface area contributed by atoms with Gasteiger partial charge in [-0.05, 0) is 30.5 Å². The molecule has 0 aliphatic heterocycles. The molecular weight excluding hydrogens is 346 g/mol. The van der Waals surface area contributed by atoms with E-state index in [-0.39, 0.29) is 6.54 Å². The molecule has 0 fully saturated rings. The minimum Gasteiger partial charge on any atom is -0.357 e. The van der Waals surface area contributed by atoms with Gasteiger partial charge in [0.1, 0.15) is 4.21 Å². The average Bonchev–Trinajstić information content (AvgIpc) is 3.24. The van der Waals surface area contributed by atoms with Gasteiger partial charge in [-0.1, -0.05) is 6.07 Å². The molecule has 0 bridgehead atoms. The molecule has 0 saturated heterocycles. The third-order valence-corrected chi connectivity index (χ3v) is 5.97. The second-order valence-electron chi connectivity index (χ2n) is 4.94. The fourth-order valence-electron chi connectivity index (χ4n) is 2.00. The van der Waals surface area contributed by atoms with Gasteiger partial charge >= 0.3 is 0 Å². The van der Waals surface area contributed by atoms with Crippen molar-refractivity contribution in [3.8, 4) is 0 Å². The zero-order chi connectivity index (χ0) is 17.3. The van der Waals surface area contributed by atoms with Crippen molar-refractivity contribution in [2.75, 3.05) is 26.2 Å². The van der Waals surface area contributed by atoms with Crippen LogP contribution in [0, 0.1) is 0 Å². The largest absolute Gasteiger partial charge is 0.357 e. The molecule has 0 saturated carbocycles. The second kappa shape index (κ2) is 9.45. The van der Waals surface area contributed by atoms with E-state index in [9.17, 15) is 8.42 Å². The number of hydrogen-bond acceptors (Lipinski definition) is 4. The van der Waals surface area contributed by atoms with E-state index >= 15 is 0 Å².